The maximum absolute atomic E-state index is 5.39. The van der Waals surface area contributed by atoms with Crippen molar-refractivity contribution in [3.05, 3.63) is 12.4 Å². The first-order chi connectivity index (χ1) is 6.33. The number of aromatic nitrogens is 2. The number of hydrogen-bond acceptors (Lipinski definition) is 3. The molecule has 0 spiro atoms. The van der Waals surface area contributed by atoms with Gasteiger partial charge in [-0.25, -0.2) is 0 Å². The largest absolute Gasteiger partial charge is 0.383 e. The average Bonchev–Trinajstić information content (AvgIpc) is 2.51. The first kappa shape index (κ1) is 10.1. The Morgan fingerprint density at radius 3 is 2.92 bits per heavy atom. The monoisotopic (exact) mass is 182 g/mol. The third kappa shape index (κ3) is 3.94. The highest BCUT2D eigenvalue weighted by Gasteiger charge is 1.93. The van der Waals surface area contributed by atoms with Crippen LogP contribution in [0, 0.1) is 0 Å². The van der Waals surface area contributed by atoms with Gasteiger partial charge in [-0.2, -0.15) is 5.10 Å². The lowest BCUT2D eigenvalue weighted by atomic mass is 10.2. The molecule has 74 valence electrons. The lowest BCUT2D eigenvalue weighted by Gasteiger charge is -2.01. The topological polar surface area (TPSA) is 55.9 Å². The van der Waals surface area contributed by atoms with Gasteiger partial charge in [0.25, 0.3) is 0 Å². The smallest absolute Gasteiger partial charge is 0.0726 e. The highest BCUT2D eigenvalue weighted by atomic mass is 15.3. The molecule has 0 saturated carbocycles. The van der Waals surface area contributed by atoms with E-state index < -0.39 is 0 Å². The van der Waals surface area contributed by atoms with Crippen LogP contribution in [0.15, 0.2) is 12.4 Å². The fourth-order valence-electron chi connectivity index (χ4n) is 1.19. The van der Waals surface area contributed by atoms with E-state index in [1.807, 2.05) is 19.4 Å². The second-order valence-corrected chi connectivity index (χ2v) is 3.18. The van der Waals surface area contributed by atoms with Gasteiger partial charge >= 0.3 is 0 Å². The number of rotatable bonds is 6. The number of unbranched alkanes of at least 4 members (excludes halogenated alkanes) is 2. The van der Waals surface area contributed by atoms with Crippen molar-refractivity contribution < 1.29 is 0 Å². The summed E-state index contributed by atoms with van der Waals surface area (Å²) >= 11 is 0. The van der Waals surface area contributed by atoms with Crippen molar-refractivity contribution in [2.45, 2.75) is 19.3 Å². The molecule has 0 radical (unpaired) electrons. The Kier molecular flexibility index (Phi) is 4.32. The maximum atomic E-state index is 5.39. The van der Waals surface area contributed by atoms with Gasteiger partial charge in [0.2, 0.25) is 0 Å². The SMILES string of the molecule is Cn1cc(NCCCCCN)cn1. The van der Waals surface area contributed by atoms with Gasteiger partial charge in [0.1, 0.15) is 0 Å². The number of nitrogens with two attached hydrogens (primary N) is 1. The van der Waals surface area contributed by atoms with Crippen molar-refractivity contribution in [1.82, 2.24) is 9.78 Å². The number of aryl methyl sites for hydroxylation is 1. The Labute approximate surface area is 79.1 Å². The lowest BCUT2D eigenvalue weighted by molar-refractivity contribution is 0.707. The third-order valence-electron chi connectivity index (χ3n) is 1.91. The zero-order valence-corrected chi connectivity index (χ0v) is 8.16. The summed E-state index contributed by atoms with van der Waals surface area (Å²) in [5.41, 5.74) is 6.48. The number of hydrogen-bond donors (Lipinski definition) is 2. The maximum Gasteiger partial charge on any atom is 0.0726 e. The molecule has 0 aromatic carbocycles. The normalized spacial score (nSPS) is 10.3. The minimum absolute atomic E-state index is 0.799. The van der Waals surface area contributed by atoms with E-state index >= 15 is 0 Å². The zero-order chi connectivity index (χ0) is 9.52. The minimum atomic E-state index is 0.799. The van der Waals surface area contributed by atoms with E-state index in [2.05, 4.69) is 10.4 Å². The van der Waals surface area contributed by atoms with E-state index in [1.165, 1.54) is 12.8 Å². The lowest BCUT2D eigenvalue weighted by Crippen LogP contribution is -2.03. The van der Waals surface area contributed by atoms with Gasteiger partial charge in [-0.15, -0.1) is 0 Å². The molecule has 1 aromatic heterocycles. The first-order valence-corrected chi connectivity index (χ1v) is 4.75. The summed E-state index contributed by atoms with van der Waals surface area (Å²) in [6.07, 6.45) is 7.30. The van der Waals surface area contributed by atoms with Gasteiger partial charge < -0.3 is 11.1 Å². The number of anilines is 1. The fraction of sp³-hybridized carbons (Fsp3) is 0.667. The van der Waals surface area contributed by atoms with Crippen LogP contribution in [0.1, 0.15) is 19.3 Å². The van der Waals surface area contributed by atoms with Crippen molar-refractivity contribution in [2.75, 3.05) is 18.4 Å². The minimum Gasteiger partial charge on any atom is -0.383 e. The van der Waals surface area contributed by atoms with Crippen molar-refractivity contribution in [2.24, 2.45) is 12.8 Å². The van der Waals surface area contributed by atoms with Crippen LogP contribution >= 0.6 is 0 Å². The number of nitrogens with one attached hydrogen (secondary N) is 1. The summed E-state index contributed by atoms with van der Waals surface area (Å²) < 4.78 is 1.79. The molecule has 0 aliphatic rings. The van der Waals surface area contributed by atoms with Crippen LogP contribution in [0.5, 0.6) is 0 Å². The van der Waals surface area contributed by atoms with E-state index in [9.17, 15) is 0 Å². The molecule has 1 aromatic rings. The van der Waals surface area contributed by atoms with Gasteiger partial charge in [-0.1, -0.05) is 6.42 Å². The summed E-state index contributed by atoms with van der Waals surface area (Å²) in [4.78, 5) is 0. The number of nitrogens with zero attached hydrogens (tertiary/aromatic N) is 2. The fourth-order valence-corrected chi connectivity index (χ4v) is 1.19. The van der Waals surface area contributed by atoms with Gasteiger partial charge in [-0.3, -0.25) is 4.68 Å². The van der Waals surface area contributed by atoms with Crippen molar-refractivity contribution in [3.63, 3.8) is 0 Å². The van der Waals surface area contributed by atoms with Gasteiger partial charge in [-0.05, 0) is 19.4 Å². The van der Waals surface area contributed by atoms with Crippen LogP contribution in [-0.2, 0) is 7.05 Å². The molecule has 0 unspecified atom stereocenters. The van der Waals surface area contributed by atoms with Gasteiger partial charge in [0.05, 0.1) is 11.9 Å². The van der Waals surface area contributed by atoms with E-state index in [4.69, 9.17) is 5.73 Å². The van der Waals surface area contributed by atoms with Gasteiger partial charge in [0, 0.05) is 19.8 Å². The highest BCUT2D eigenvalue weighted by molar-refractivity contribution is 5.37. The Hall–Kier alpha value is -1.03. The first-order valence-electron chi connectivity index (χ1n) is 4.75. The van der Waals surface area contributed by atoms with Crippen LogP contribution in [0.4, 0.5) is 5.69 Å². The van der Waals surface area contributed by atoms with Crippen molar-refractivity contribution >= 4 is 5.69 Å². The quantitative estimate of drug-likeness (QED) is 0.644. The van der Waals surface area contributed by atoms with E-state index in [0.29, 0.717) is 0 Å². The molecule has 0 fully saturated rings. The highest BCUT2D eigenvalue weighted by Crippen LogP contribution is 2.03. The Bertz CT molecular complexity index is 231. The molecular weight excluding hydrogens is 164 g/mol. The standard InChI is InChI=1S/C9H18N4/c1-13-8-9(7-12-13)11-6-4-2-3-5-10/h7-8,11H,2-6,10H2,1H3. The van der Waals surface area contributed by atoms with Crippen LogP contribution in [0.25, 0.3) is 0 Å². The molecule has 0 atom stereocenters. The van der Waals surface area contributed by atoms with Crippen LogP contribution in [0.3, 0.4) is 0 Å². The molecule has 13 heavy (non-hydrogen) atoms. The van der Waals surface area contributed by atoms with Crippen molar-refractivity contribution in [1.29, 1.82) is 0 Å². The summed E-state index contributed by atoms with van der Waals surface area (Å²) in [7, 11) is 1.92. The third-order valence-corrected chi connectivity index (χ3v) is 1.91. The zero-order valence-electron chi connectivity index (χ0n) is 8.16. The molecule has 1 heterocycles. The molecule has 4 heteroatoms. The molecule has 0 aliphatic carbocycles. The summed E-state index contributed by atoms with van der Waals surface area (Å²) in [6.45, 7) is 1.80. The van der Waals surface area contributed by atoms with Crippen LogP contribution in [-0.4, -0.2) is 22.9 Å². The van der Waals surface area contributed by atoms with E-state index in [-0.39, 0.29) is 0 Å². The van der Waals surface area contributed by atoms with Crippen LogP contribution < -0.4 is 11.1 Å². The predicted molar refractivity (Wildman–Crippen MR) is 54.6 cm³/mol. The summed E-state index contributed by atoms with van der Waals surface area (Å²) in [6, 6.07) is 0. The molecule has 0 saturated heterocycles. The average molecular weight is 182 g/mol. The Morgan fingerprint density at radius 1 is 1.46 bits per heavy atom. The predicted octanol–water partition coefficient (Wildman–Crippen LogP) is 0.961. The molecule has 0 aliphatic heterocycles. The molecule has 0 amide bonds. The molecule has 4 nitrogen and oxygen atoms in total. The Morgan fingerprint density at radius 2 is 2.31 bits per heavy atom. The summed E-state index contributed by atoms with van der Waals surface area (Å²) in [5.74, 6) is 0. The van der Waals surface area contributed by atoms with Crippen LogP contribution in [0.2, 0.25) is 0 Å². The van der Waals surface area contributed by atoms with Gasteiger partial charge in [0.15, 0.2) is 0 Å². The van der Waals surface area contributed by atoms with E-state index in [1.54, 1.807) is 4.68 Å². The molecule has 1 rings (SSSR count). The van der Waals surface area contributed by atoms with E-state index in [0.717, 1.165) is 25.2 Å². The molecular formula is C9H18N4. The molecule has 3 N–H and O–H groups in total. The second kappa shape index (κ2) is 5.59. The molecule has 0 bridgehead atoms. The van der Waals surface area contributed by atoms with Crippen molar-refractivity contribution in [3.8, 4) is 0 Å². The summed E-state index contributed by atoms with van der Waals surface area (Å²) in [5, 5.41) is 7.37. The Balaban J connectivity index is 2.06. The second-order valence-electron chi connectivity index (χ2n) is 3.18.